The molecular weight excluding hydrogens is 200 g/mol. The van der Waals surface area contributed by atoms with E-state index >= 15 is 0 Å². The SMILES string of the molecule is CCCOCCN(CC1CCCN1)C(C)C. The first kappa shape index (κ1) is 13.9. The first-order valence-electron chi connectivity index (χ1n) is 6.79. The smallest absolute Gasteiger partial charge is 0.0593 e. The maximum Gasteiger partial charge on any atom is 0.0593 e. The largest absolute Gasteiger partial charge is 0.380 e. The molecule has 1 aliphatic heterocycles. The van der Waals surface area contributed by atoms with Gasteiger partial charge in [0.1, 0.15) is 0 Å². The summed E-state index contributed by atoms with van der Waals surface area (Å²) in [6.45, 7) is 11.9. The Morgan fingerprint density at radius 3 is 2.75 bits per heavy atom. The van der Waals surface area contributed by atoms with Crippen LogP contribution in [0.15, 0.2) is 0 Å². The third kappa shape index (κ3) is 5.28. The van der Waals surface area contributed by atoms with E-state index in [1.165, 1.54) is 25.9 Å². The van der Waals surface area contributed by atoms with E-state index in [0.29, 0.717) is 12.1 Å². The van der Waals surface area contributed by atoms with E-state index < -0.39 is 0 Å². The van der Waals surface area contributed by atoms with E-state index in [9.17, 15) is 0 Å². The van der Waals surface area contributed by atoms with E-state index in [1.807, 2.05) is 0 Å². The van der Waals surface area contributed by atoms with Gasteiger partial charge in [0.2, 0.25) is 0 Å². The molecule has 0 bridgehead atoms. The normalized spacial score (nSPS) is 21.2. The fraction of sp³-hybridized carbons (Fsp3) is 1.00. The van der Waals surface area contributed by atoms with Gasteiger partial charge in [-0.05, 0) is 39.7 Å². The van der Waals surface area contributed by atoms with Crippen molar-refractivity contribution in [3.63, 3.8) is 0 Å². The fourth-order valence-electron chi connectivity index (χ4n) is 2.18. The zero-order valence-electron chi connectivity index (χ0n) is 11.2. The van der Waals surface area contributed by atoms with Crippen LogP contribution >= 0.6 is 0 Å². The molecule has 1 fully saturated rings. The van der Waals surface area contributed by atoms with Gasteiger partial charge in [0.25, 0.3) is 0 Å². The highest BCUT2D eigenvalue weighted by Gasteiger charge is 2.19. The summed E-state index contributed by atoms with van der Waals surface area (Å²) in [5.41, 5.74) is 0. The fourth-order valence-corrected chi connectivity index (χ4v) is 2.18. The molecule has 1 atom stereocenters. The van der Waals surface area contributed by atoms with E-state index in [-0.39, 0.29) is 0 Å². The minimum absolute atomic E-state index is 0.618. The second-order valence-electron chi connectivity index (χ2n) is 4.99. The van der Waals surface area contributed by atoms with Crippen molar-refractivity contribution in [1.82, 2.24) is 10.2 Å². The van der Waals surface area contributed by atoms with E-state index in [4.69, 9.17) is 4.74 Å². The van der Waals surface area contributed by atoms with Gasteiger partial charge in [-0.25, -0.2) is 0 Å². The number of ether oxygens (including phenoxy) is 1. The number of nitrogens with one attached hydrogen (secondary N) is 1. The van der Waals surface area contributed by atoms with Gasteiger partial charge in [-0.15, -0.1) is 0 Å². The summed E-state index contributed by atoms with van der Waals surface area (Å²) in [4.78, 5) is 2.53. The van der Waals surface area contributed by atoms with Gasteiger partial charge in [0.05, 0.1) is 6.61 Å². The van der Waals surface area contributed by atoms with Crippen LogP contribution in [0.25, 0.3) is 0 Å². The highest BCUT2D eigenvalue weighted by atomic mass is 16.5. The van der Waals surface area contributed by atoms with Gasteiger partial charge in [-0.3, -0.25) is 4.90 Å². The Kier molecular flexibility index (Phi) is 7.01. The molecule has 1 aliphatic rings. The molecule has 0 amide bonds. The van der Waals surface area contributed by atoms with Crippen molar-refractivity contribution in [3.8, 4) is 0 Å². The molecule has 1 N–H and O–H groups in total. The molecule has 0 radical (unpaired) electrons. The Morgan fingerprint density at radius 1 is 1.38 bits per heavy atom. The average Bonchev–Trinajstić information content (AvgIpc) is 2.75. The van der Waals surface area contributed by atoms with Gasteiger partial charge in [-0.2, -0.15) is 0 Å². The predicted octanol–water partition coefficient (Wildman–Crippen LogP) is 1.88. The molecule has 3 nitrogen and oxygen atoms in total. The van der Waals surface area contributed by atoms with Gasteiger partial charge in [-0.1, -0.05) is 6.92 Å². The minimum Gasteiger partial charge on any atom is -0.380 e. The second kappa shape index (κ2) is 8.04. The van der Waals surface area contributed by atoms with Crippen LogP contribution < -0.4 is 5.32 Å². The van der Waals surface area contributed by atoms with Crippen LogP contribution in [0.3, 0.4) is 0 Å². The molecule has 96 valence electrons. The maximum atomic E-state index is 5.57. The molecule has 0 aromatic carbocycles. The van der Waals surface area contributed by atoms with Crippen LogP contribution in [0.2, 0.25) is 0 Å². The lowest BCUT2D eigenvalue weighted by Crippen LogP contribution is -2.42. The standard InChI is InChI=1S/C13H28N2O/c1-4-9-16-10-8-15(12(2)3)11-13-6-5-7-14-13/h12-14H,4-11H2,1-3H3. The number of hydrogen-bond donors (Lipinski definition) is 1. The average molecular weight is 228 g/mol. The van der Waals surface area contributed by atoms with Crippen molar-refractivity contribution in [1.29, 1.82) is 0 Å². The van der Waals surface area contributed by atoms with E-state index in [2.05, 4.69) is 31.0 Å². The van der Waals surface area contributed by atoms with Gasteiger partial charge >= 0.3 is 0 Å². The molecular formula is C13H28N2O. The molecule has 1 saturated heterocycles. The molecule has 1 rings (SSSR count). The summed E-state index contributed by atoms with van der Waals surface area (Å²) >= 11 is 0. The molecule has 0 saturated carbocycles. The molecule has 0 aliphatic carbocycles. The lowest BCUT2D eigenvalue weighted by Gasteiger charge is -2.29. The Balaban J connectivity index is 2.18. The zero-order chi connectivity index (χ0) is 11.8. The molecule has 0 spiro atoms. The van der Waals surface area contributed by atoms with Crippen molar-refractivity contribution in [3.05, 3.63) is 0 Å². The van der Waals surface area contributed by atoms with Crippen LogP contribution in [0.1, 0.15) is 40.0 Å². The highest BCUT2D eigenvalue weighted by molar-refractivity contribution is 4.79. The Morgan fingerprint density at radius 2 is 2.19 bits per heavy atom. The summed E-state index contributed by atoms with van der Waals surface area (Å²) in [7, 11) is 0. The van der Waals surface area contributed by atoms with Crippen LogP contribution in [0.4, 0.5) is 0 Å². The van der Waals surface area contributed by atoms with Crippen LogP contribution in [0, 0.1) is 0 Å². The summed E-state index contributed by atoms with van der Waals surface area (Å²) in [6.07, 6.45) is 3.79. The molecule has 0 aromatic rings. The summed E-state index contributed by atoms with van der Waals surface area (Å²) < 4.78 is 5.57. The predicted molar refractivity (Wildman–Crippen MR) is 68.8 cm³/mol. The third-order valence-corrected chi connectivity index (χ3v) is 3.22. The molecule has 3 heteroatoms. The number of rotatable bonds is 8. The second-order valence-corrected chi connectivity index (χ2v) is 4.99. The lowest BCUT2D eigenvalue weighted by atomic mass is 10.2. The topological polar surface area (TPSA) is 24.5 Å². The monoisotopic (exact) mass is 228 g/mol. The van der Waals surface area contributed by atoms with Crippen molar-refractivity contribution in [2.24, 2.45) is 0 Å². The highest BCUT2D eigenvalue weighted by Crippen LogP contribution is 2.09. The van der Waals surface area contributed by atoms with Crippen LogP contribution in [0.5, 0.6) is 0 Å². The van der Waals surface area contributed by atoms with Crippen molar-refractivity contribution >= 4 is 0 Å². The number of nitrogens with zero attached hydrogens (tertiary/aromatic N) is 1. The van der Waals surface area contributed by atoms with Gasteiger partial charge in [0, 0.05) is 31.8 Å². The van der Waals surface area contributed by atoms with Gasteiger partial charge < -0.3 is 10.1 Å². The first-order chi connectivity index (χ1) is 7.74. The van der Waals surface area contributed by atoms with Crippen molar-refractivity contribution in [2.75, 3.05) is 32.8 Å². The summed E-state index contributed by atoms with van der Waals surface area (Å²) in [5, 5.41) is 3.56. The third-order valence-electron chi connectivity index (χ3n) is 3.22. The minimum atomic E-state index is 0.618. The van der Waals surface area contributed by atoms with E-state index in [0.717, 1.165) is 26.2 Å². The number of hydrogen-bond acceptors (Lipinski definition) is 3. The maximum absolute atomic E-state index is 5.57. The van der Waals surface area contributed by atoms with Crippen molar-refractivity contribution < 1.29 is 4.74 Å². The molecule has 16 heavy (non-hydrogen) atoms. The Bertz CT molecular complexity index is 167. The zero-order valence-corrected chi connectivity index (χ0v) is 11.2. The van der Waals surface area contributed by atoms with Gasteiger partial charge in [0.15, 0.2) is 0 Å². The summed E-state index contributed by atoms with van der Waals surface area (Å²) in [6, 6.07) is 1.32. The van der Waals surface area contributed by atoms with Crippen molar-refractivity contribution in [2.45, 2.75) is 52.1 Å². The lowest BCUT2D eigenvalue weighted by molar-refractivity contribution is 0.0891. The molecule has 1 unspecified atom stereocenters. The summed E-state index contributed by atoms with van der Waals surface area (Å²) in [5.74, 6) is 0. The van der Waals surface area contributed by atoms with Crippen LogP contribution in [-0.2, 0) is 4.74 Å². The van der Waals surface area contributed by atoms with Crippen LogP contribution in [-0.4, -0.2) is 49.8 Å². The molecule has 0 aromatic heterocycles. The first-order valence-corrected chi connectivity index (χ1v) is 6.79. The Labute approximate surface area is 101 Å². The Hall–Kier alpha value is -0.120. The van der Waals surface area contributed by atoms with E-state index in [1.54, 1.807) is 0 Å². The quantitative estimate of drug-likeness (QED) is 0.642. The molecule has 1 heterocycles.